The lowest BCUT2D eigenvalue weighted by atomic mass is 10.0. The Bertz CT molecular complexity index is 355. The van der Waals surface area contributed by atoms with Crippen molar-refractivity contribution in [2.24, 2.45) is 0 Å². The maximum Gasteiger partial charge on any atom is 0.157 e. The summed E-state index contributed by atoms with van der Waals surface area (Å²) in [6.45, 7) is 2.52. The van der Waals surface area contributed by atoms with Gasteiger partial charge in [0.05, 0.1) is 28.4 Å². The number of halogens is 2. The Morgan fingerprint density at radius 3 is 2.69 bits per heavy atom. The van der Waals surface area contributed by atoms with Crippen LogP contribution in [-0.2, 0) is 11.2 Å². The van der Waals surface area contributed by atoms with Crippen LogP contribution in [0.15, 0.2) is 24.3 Å². The SMILES string of the molecule is CCCCl.O=C1Cc2ccccc2N(Br)C1. The van der Waals surface area contributed by atoms with Gasteiger partial charge in [0.15, 0.2) is 5.78 Å². The third-order valence-electron chi connectivity index (χ3n) is 2.14. The number of carbonyl (C=O) groups excluding carboxylic acids is 1. The van der Waals surface area contributed by atoms with Crippen molar-refractivity contribution in [3.8, 4) is 0 Å². The maximum atomic E-state index is 11.2. The summed E-state index contributed by atoms with van der Waals surface area (Å²) in [5, 5.41) is 0. The number of nitrogens with zero attached hydrogens (tertiary/aromatic N) is 1. The molecule has 4 heteroatoms. The van der Waals surface area contributed by atoms with Crippen molar-refractivity contribution >= 4 is 39.2 Å². The van der Waals surface area contributed by atoms with Gasteiger partial charge in [-0.1, -0.05) is 25.1 Å². The van der Waals surface area contributed by atoms with Crippen molar-refractivity contribution in [1.82, 2.24) is 0 Å². The third kappa shape index (κ3) is 3.80. The molecule has 0 saturated carbocycles. The molecule has 1 heterocycles. The summed E-state index contributed by atoms with van der Waals surface area (Å²) in [7, 11) is 0. The van der Waals surface area contributed by atoms with E-state index in [1.54, 1.807) is 0 Å². The molecule has 1 aliphatic heterocycles. The molecule has 2 nitrogen and oxygen atoms in total. The molecule has 0 atom stereocenters. The predicted molar refractivity (Wildman–Crippen MR) is 72.4 cm³/mol. The van der Waals surface area contributed by atoms with E-state index in [4.69, 9.17) is 11.6 Å². The van der Waals surface area contributed by atoms with Gasteiger partial charge in [-0.2, -0.15) is 0 Å². The number of alkyl halides is 1. The lowest BCUT2D eigenvalue weighted by molar-refractivity contribution is -0.117. The van der Waals surface area contributed by atoms with Crippen LogP contribution in [0.3, 0.4) is 0 Å². The van der Waals surface area contributed by atoms with E-state index in [2.05, 4.69) is 16.1 Å². The lowest BCUT2D eigenvalue weighted by Gasteiger charge is -2.23. The van der Waals surface area contributed by atoms with Gasteiger partial charge in [-0.15, -0.1) is 11.6 Å². The van der Waals surface area contributed by atoms with Crippen LogP contribution in [0.4, 0.5) is 5.69 Å². The second-order valence-electron chi connectivity index (χ2n) is 3.55. The molecule has 0 radical (unpaired) electrons. The molecule has 0 fully saturated rings. The largest absolute Gasteiger partial charge is 0.301 e. The summed E-state index contributed by atoms with van der Waals surface area (Å²) in [4.78, 5) is 11.2. The summed E-state index contributed by atoms with van der Waals surface area (Å²) in [6.07, 6.45) is 1.65. The molecular weight excluding hydrogens is 289 g/mol. The van der Waals surface area contributed by atoms with Crippen molar-refractivity contribution in [2.45, 2.75) is 19.8 Å². The lowest BCUT2D eigenvalue weighted by Crippen LogP contribution is -2.27. The summed E-state index contributed by atoms with van der Waals surface area (Å²) in [6, 6.07) is 7.93. The van der Waals surface area contributed by atoms with E-state index in [-0.39, 0.29) is 5.78 Å². The number of Topliss-reactive ketones (excluding diaryl/α,β-unsaturated/α-hetero) is 1. The van der Waals surface area contributed by atoms with Crippen LogP contribution < -0.4 is 3.93 Å². The predicted octanol–water partition coefficient (Wildman–Crippen LogP) is 3.56. The topological polar surface area (TPSA) is 20.3 Å². The van der Waals surface area contributed by atoms with Crippen LogP contribution in [0.2, 0.25) is 0 Å². The van der Waals surface area contributed by atoms with Crippen LogP contribution in [0, 0.1) is 0 Å². The highest BCUT2D eigenvalue weighted by Gasteiger charge is 2.19. The Balaban J connectivity index is 0.000000280. The number of fused-ring (bicyclic) bond motifs is 1. The molecule has 0 aromatic heterocycles. The number of hydrogen-bond donors (Lipinski definition) is 0. The number of benzene rings is 1. The van der Waals surface area contributed by atoms with E-state index in [9.17, 15) is 4.79 Å². The number of hydrogen-bond acceptors (Lipinski definition) is 2. The normalized spacial score (nSPS) is 13.9. The van der Waals surface area contributed by atoms with Gasteiger partial charge in [-0.05, 0) is 18.1 Å². The van der Waals surface area contributed by atoms with Gasteiger partial charge in [0, 0.05) is 12.3 Å². The third-order valence-corrected chi connectivity index (χ3v) is 3.16. The minimum atomic E-state index is 0.255. The Kier molecular flexibility index (Phi) is 5.85. The van der Waals surface area contributed by atoms with Crippen LogP contribution in [0.25, 0.3) is 0 Å². The maximum absolute atomic E-state index is 11.2. The molecular formula is C12H15BrClNO. The van der Waals surface area contributed by atoms with Gasteiger partial charge in [-0.25, -0.2) is 0 Å². The molecule has 0 spiro atoms. The molecule has 16 heavy (non-hydrogen) atoms. The molecule has 0 N–H and O–H groups in total. The zero-order valence-electron chi connectivity index (χ0n) is 9.25. The van der Waals surface area contributed by atoms with Crippen molar-refractivity contribution in [2.75, 3.05) is 16.4 Å². The molecule has 1 aliphatic rings. The highest BCUT2D eigenvalue weighted by molar-refractivity contribution is 9.10. The Labute approximate surface area is 110 Å². The second kappa shape index (κ2) is 6.92. The van der Waals surface area contributed by atoms with E-state index < -0.39 is 0 Å². The Hall–Kier alpha value is -0.540. The smallest absolute Gasteiger partial charge is 0.157 e. The molecule has 0 saturated heterocycles. The van der Waals surface area contributed by atoms with Crippen molar-refractivity contribution in [1.29, 1.82) is 0 Å². The first kappa shape index (κ1) is 13.5. The monoisotopic (exact) mass is 303 g/mol. The number of rotatable bonds is 1. The first-order chi connectivity index (χ1) is 7.69. The minimum absolute atomic E-state index is 0.255. The standard InChI is InChI=1S/C9H8BrNO.C3H7Cl/c10-11-6-8(12)5-7-3-1-2-4-9(7)11;1-2-3-4/h1-4H,5-6H2;2-3H2,1H3. The van der Waals surface area contributed by atoms with E-state index in [0.29, 0.717) is 13.0 Å². The molecule has 88 valence electrons. The van der Waals surface area contributed by atoms with Gasteiger partial charge in [0.25, 0.3) is 0 Å². The zero-order chi connectivity index (χ0) is 12.0. The molecule has 0 bridgehead atoms. The van der Waals surface area contributed by atoms with Gasteiger partial charge >= 0.3 is 0 Å². The number of para-hydroxylation sites is 1. The first-order valence-electron chi connectivity index (χ1n) is 5.28. The second-order valence-corrected chi connectivity index (χ2v) is 4.79. The van der Waals surface area contributed by atoms with Crippen LogP contribution in [-0.4, -0.2) is 18.2 Å². The number of carbonyl (C=O) groups is 1. The average Bonchev–Trinajstić information content (AvgIpc) is 2.29. The van der Waals surface area contributed by atoms with E-state index in [1.165, 1.54) is 0 Å². The van der Waals surface area contributed by atoms with Gasteiger partial charge in [0.2, 0.25) is 0 Å². The highest BCUT2D eigenvalue weighted by atomic mass is 79.9. The van der Waals surface area contributed by atoms with E-state index in [0.717, 1.165) is 23.6 Å². The molecule has 0 amide bonds. The quantitative estimate of drug-likeness (QED) is 0.584. The van der Waals surface area contributed by atoms with E-state index in [1.807, 2.05) is 35.1 Å². The highest BCUT2D eigenvalue weighted by Crippen LogP contribution is 2.27. The molecule has 1 aromatic carbocycles. The van der Waals surface area contributed by atoms with Crippen LogP contribution in [0.1, 0.15) is 18.9 Å². The fourth-order valence-corrected chi connectivity index (χ4v) is 2.03. The zero-order valence-corrected chi connectivity index (χ0v) is 11.6. The van der Waals surface area contributed by atoms with Gasteiger partial charge < -0.3 is 3.93 Å². The minimum Gasteiger partial charge on any atom is -0.301 e. The van der Waals surface area contributed by atoms with Gasteiger partial charge in [0.1, 0.15) is 0 Å². The number of ketones is 1. The van der Waals surface area contributed by atoms with Crippen LogP contribution >= 0.6 is 27.7 Å². The van der Waals surface area contributed by atoms with Crippen LogP contribution in [0.5, 0.6) is 0 Å². The first-order valence-corrected chi connectivity index (χ1v) is 6.52. The van der Waals surface area contributed by atoms with Gasteiger partial charge in [-0.3, -0.25) is 4.79 Å². The Morgan fingerprint density at radius 2 is 2.06 bits per heavy atom. The number of anilines is 1. The average molecular weight is 305 g/mol. The fourth-order valence-electron chi connectivity index (χ4n) is 1.41. The summed E-state index contributed by atoms with van der Waals surface area (Å²) >= 11 is 8.53. The summed E-state index contributed by atoms with van der Waals surface area (Å²) in [5.41, 5.74) is 2.21. The molecule has 2 rings (SSSR count). The Morgan fingerprint density at radius 1 is 1.44 bits per heavy atom. The van der Waals surface area contributed by atoms with E-state index >= 15 is 0 Å². The fraction of sp³-hybridized carbons (Fsp3) is 0.417. The van der Waals surface area contributed by atoms with Crippen molar-refractivity contribution < 1.29 is 4.79 Å². The summed E-state index contributed by atoms with van der Waals surface area (Å²) < 4.78 is 1.81. The molecule has 0 aliphatic carbocycles. The molecule has 1 aromatic rings. The van der Waals surface area contributed by atoms with Crippen molar-refractivity contribution in [3.63, 3.8) is 0 Å². The molecule has 0 unspecified atom stereocenters. The summed E-state index contributed by atoms with van der Waals surface area (Å²) in [5.74, 6) is 1.05. The van der Waals surface area contributed by atoms with Crippen molar-refractivity contribution in [3.05, 3.63) is 29.8 Å².